The molecule has 0 N–H and O–H groups in total. The van der Waals surface area contributed by atoms with Gasteiger partial charge in [0.2, 0.25) is 5.78 Å². The van der Waals surface area contributed by atoms with Gasteiger partial charge in [0, 0.05) is 22.2 Å². The highest BCUT2D eigenvalue weighted by Gasteiger charge is 2.13. The molecule has 0 aliphatic heterocycles. The molecule has 0 aliphatic carbocycles. The molecule has 4 heteroatoms. The van der Waals surface area contributed by atoms with E-state index in [1.807, 2.05) is 37.3 Å². The summed E-state index contributed by atoms with van der Waals surface area (Å²) in [5.74, 6) is 0.742. The average Bonchev–Trinajstić information content (AvgIpc) is 3.10. The Kier molecular flexibility index (Phi) is 4.83. The molecule has 122 valence electrons. The van der Waals surface area contributed by atoms with Crippen LogP contribution in [-0.4, -0.2) is 5.78 Å². The molecule has 0 saturated heterocycles. The lowest BCUT2D eigenvalue weighted by Crippen LogP contribution is -2.01. The van der Waals surface area contributed by atoms with Crippen molar-refractivity contribution in [3.05, 3.63) is 88.1 Å². The minimum atomic E-state index is -0.333. The van der Waals surface area contributed by atoms with E-state index in [4.69, 9.17) is 16.0 Å². The van der Waals surface area contributed by atoms with Crippen molar-refractivity contribution in [2.75, 3.05) is 0 Å². The molecular formula is C21H14ClNO2. The zero-order valence-corrected chi connectivity index (χ0v) is 14.2. The van der Waals surface area contributed by atoms with E-state index in [-0.39, 0.29) is 11.4 Å². The maximum Gasteiger partial charge on any atom is 0.203 e. The minimum absolute atomic E-state index is 0.0231. The Bertz CT molecular complexity index is 994. The summed E-state index contributed by atoms with van der Waals surface area (Å²) in [6, 6.07) is 19.7. The van der Waals surface area contributed by atoms with Crippen LogP contribution in [0.3, 0.4) is 0 Å². The number of rotatable bonds is 4. The number of furan rings is 1. The lowest BCUT2D eigenvalue weighted by Gasteiger charge is -2.03. The van der Waals surface area contributed by atoms with Crippen molar-refractivity contribution < 1.29 is 9.21 Å². The van der Waals surface area contributed by atoms with Gasteiger partial charge in [-0.1, -0.05) is 48.0 Å². The first-order valence-corrected chi connectivity index (χ1v) is 8.04. The van der Waals surface area contributed by atoms with Gasteiger partial charge in [-0.3, -0.25) is 4.79 Å². The summed E-state index contributed by atoms with van der Waals surface area (Å²) in [6.45, 7) is 1.96. The van der Waals surface area contributed by atoms with Crippen LogP contribution < -0.4 is 0 Å². The number of hydrogen-bond acceptors (Lipinski definition) is 3. The Morgan fingerprint density at radius 3 is 2.60 bits per heavy atom. The van der Waals surface area contributed by atoms with Gasteiger partial charge in [0.05, 0.1) is 0 Å². The zero-order chi connectivity index (χ0) is 17.8. The third-order valence-electron chi connectivity index (χ3n) is 3.78. The number of nitriles is 1. The highest BCUT2D eigenvalue weighted by Crippen LogP contribution is 2.29. The Balaban J connectivity index is 1.94. The normalized spacial score (nSPS) is 11.2. The molecule has 0 amide bonds. The molecule has 0 aliphatic rings. The lowest BCUT2D eigenvalue weighted by atomic mass is 10.0. The highest BCUT2D eigenvalue weighted by molar-refractivity contribution is 6.30. The summed E-state index contributed by atoms with van der Waals surface area (Å²) in [6.07, 6.45) is 1.46. The molecule has 0 bridgehead atoms. The van der Waals surface area contributed by atoms with Crippen LogP contribution >= 0.6 is 11.6 Å². The first-order chi connectivity index (χ1) is 12.1. The predicted molar refractivity (Wildman–Crippen MR) is 98.3 cm³/mol. The van der Waals surface area contributed by atoms with Crippen molar-refractivity contribution in [1.29, 1.82) is 5.26 Å². The summed E-state index contributed by atoms with van der Waals surface area (Å²) < 4.78 is 5.79. The molecule has 0 fully saturated rings. The number of hydrogen-bond donors (Lipinski definition) is 0. The topological polar surface area (TPSA) is 54.0 Å². The number of halogens is 1. The predicted octanol–water partition coefficient (Wildman–Crippen LogP) is 5.70. The monoisotopic (exact) mass is 347 g/mol. The maximum absolute atomic E-state index is 12.4. The van der Waals surface area contributed by atoms with E-state index in [1.54, 1.807) is 36.4 Å². The van der Waals surface area contributed by atoms with E-state index in [2.05, 4.69) is 0 Å². The summed E-state index contributed by atoms with van der Waals surface area (Å²) in [7, 11) is 0. The Morgan fingerprint density at radius 2 is 1.88 bits per heavy atom. The van der Waals surface area contributed by atoms with Gasteiger partial charge in [-0.2, -0.15) is 5.26 Å². The summed E-state index contributed by atoms with van der Waals surface area (Å²) >= 11 is 6.05. The first kappa shape index (κ1) is 16.8. The SMILES string of the molecule is Cc1ccc(Cl)cc1-c1ccc(C=C(C#N)C(=O)c2ccccc2)o1. The van der Waals surface area contributed by atoms with Crippen LogP contribution in [0.15, 0.2) is 70.7 Å². The number of ketones is 1. The molecule has 25 heavy (non-hydrogen) atoms. The van der Waals surface area contributed by atoms with Gasteiger partial charge in [-0.15, -0.1) is 0 Å². The van der Waals surface area contributed by atoms with Crippen molar-refractivity contribution in [2.24, 2.45) is 0 Å². The largest absolute Gasteiger partial charge is 0.457 e. The number of carbonyl (C=O) groups excluding carboxylic acids is 1. The van der Waals surface area contributed by atoms with Gasteiger partial charge in [-0.05, 0) is 36.8 Å². The molecule has 0 saturated carbocycles. The van der Waals surface area contributed by atoms with Crippen LogP contribution in [0.5, 0.6) is 0 Å². The van der Waals surface area contributed by atoms with Gasteiger partial charge in [0.25, 0.3) is 0 Å². The van der Waals surface area contributed by atoms with Crippen LogP contribution in [0.2, 0.25) is 5.02 Å². The molecule has 0 spiro atoms. The quantitative estimate of drug-likeness (QED) is 0.345. The molecular weight excluding hydrogens is 334 g/mol. The molecule has 3 nitrogen and oxygen atoms in total. The molecule has 3 rings (SSSR count). The Hall–Kier alpha value is -3.09. The molecule has 2 aromatic carbocycles. The van der Waals surface area contributed by atoms with Gasteiger partial charge >= 0.3 is 0 Å². The average molecular weight is 348 g/mol. The van der Waals surface area contributed by atoms with E-state index >= 15 is 0 Å². The van der Waals surface area contributed by atoms with Crippen molar-refractivity contribution in [3.63, 3.8) is 0 Å². The van der Waals surface area contributed by atoms with Crippen LogP contribution in [0.1, 0.15) is 21.7 Å². The van der Waals surface area contributed by atoms with Crippen LogP contribution in [-0.2, 0) is 0 Å². The highest BCUT2D eigenvalue weighted by atomic mass is 35.5. The number of Topliss-reactive ketones (excluding diaryl/α,β-unsaturated/α-hetero) is 1. The molecule has 3 aromatic rings. The summed E-state index contributed by atoms with van der Waals surface area (Å²) in [5, 5.41) is 9.94. The van der Waals surface area contributed by atoms with Crippen LogP contribution in [0, 0.1) is 18.3 Å². The van der Waals surface area contributed by atoms with E-state index < -0.39 is 0 Å². The second-order valence-corrected chi connectivity index (χ2v) is 5.96. The Morgan fingerprint density at radius 1 is 1.12 bits per heavy atom. The fraction of sp³-hybridized carbons (Fsp3) is 0.0476. The third kappa shape index (κ3) is 3.71. The van der Waals surface area contributed by atoms with Gasteiger partial charge in [-0.25, -0.2) is 0 Å². The van der Waals surface area contributed by atoms with Crippen molar-refractivity contribution in [3.8, 4) is 17.4 Å². The fourth-order valence-corrected chi connectivity index (χ4v) is 2.64. The maximum atomic E-state index is 12.4. The zero-order valence-electron chi connectivity index (χ0n) is 13.5. The molecule has 1 heterocycles. The number of aryl methyl sites for hydroxylation is 1. The van der Waals surface area contributed by atoms with Gasteiger partial charge in [0.15, 0.2) is 0 Å². The summed E-state index contributed by atoms with van der Waals surface area (Å²) in [4.78, 5) is 12.4. The molecule has 0 atom stereocenters. The minimum Gasteiger partial charge on any atom is -0.457 e. The lowest BCUT2D eigenvalue weighted by molar-refractivity contribution is 0.104. The van der Waals surface area contributed by atoms with E-state index in [1.165, 1.54) is 6.08 Å². The number of carbonyl (C=O) groups is 1. The summed E-state index contributed by atoms with van der Waals surface area (Å²) in [5.41, 5.74) is 2.39. The number of nitrogens with zero attached hydrogens (tertiary/aromatic N) is 1. The third-order valence-corrected chi connectivity index (χ3v) is 4.01. The molecule has 0 unspecified atom stereocenters. The van der Waals surface area contributed by atoms with E-state index in [0.29, 0.717) is 22.1 Å². The molecule has 1 aromatic heterocycles. The van der Waals surface area contributed by atoms with E-state index in [0.717, 1.165) is 11.1 Å². The second-order valence-electron chi connectivity index (χ2n) is 5.53. The number of benzene rings is 2. The smallest absolute Gasteiger partial charge is 0.203 e. The Labute approximate surface area is 150 Å². The first-order valence-electron chi connectivity index (χ1n) is 7.66. The van der Waals surface area contributed by atoms with Gasteiger partial charge in [0.1, 0.15) is 23.2 Å². The van der Waals surface area contributed by atoms with Gasteiger partial charge < -0.3 is 4.42 Å². The van der Waals surface area contributed by atoms with Crippen molar-refractivity contribution in [1.82, 2.24) is 0 Å². The van der Waals surface area contributed by atoms with E-state index in [9.17, 15) is 10.1 Å². The second kappa shape index (κ2) is 7.21. The van der Waals surface area contributed by atoms with Crippen molar-refractivity contribution in [2.45, 2.75) is 6.92 Å². The molecule has 0 radical (unpaired) electrons. The number of allylic oxidation sites excluding steroid dienone is 1. The van der Waals surface area contributed by atoms with Crippen LogP contribution in [0.25, 0.3) is 17.4 Å². The van der Waals surface area contributed by atoms with Crippen LogP contribution in [0.4, 0.5) is 0 Å². The fourth-order valence-electron chi connectivity index (χ4n) is 2.47. The standard InChI is InChI=1S/C21H14ClNO2/c1-14-7-8-17(22)12-19(14)20-10-9-18(25-20)11-16(13-23)21(24)15-5-3-2-4-6-15/h2-12H,1H3. The van der Waals surface area contributed by atoms with Crippen molar-refractivity contribution >= 4 is 23.5 Å².